The van der Waals surface area contributed by atoms with Gasteiger partial charge in [0.2, 0.25) is 0 Å². The fourth-order valence-electron chi connectivity index (χ4n) is 4.31. The molecule has 162 valence electrons. The van der Waals surface area contributed by atoms with Crippen molar-refractivity contribution in [1.82, 2.24) is 9.47 Å². The van der Waals surface area contributed by atoms with Crippen molar-refractivity contribution in [2.24, 2.45) is 0 Å². The van der Waals surface area contributed by atoms with Crippen LogP contribution < -0.4 is 0 Å². The van der Waals surface area contributed by atoms with Crippen LogP contribution in [0.5, 0.6) is 0 Å². The summed E-state index contributed by atoms with van der Waals surface area (Å²) in [5.41, 5.74) is 2.63. The van der Waals surface area contributed by atoms with Crippen LogP contribution in [0, 0.1) is 0 Å². The lowest BCUT2D eigenvalue weighted by molar-refractivity contribution is 0.0609. The van der Waals surface area contributed by atoms with Crippen LogP contribution in [0.15, 0.2) is 60.8 Å². The molecule has 0 atom stereocenters. The second-order valence-corrected chi connectivity index (χ2v) is 9.32. The second kappa shape index (κ2) is 10.1. The highest BCUT2D eigenvalue weighted by Crippen LogP contribution is 2.29. The van der Waals surface area contributed by atoms with E-state index in [9.17, 15) is 4.79 Å². The van der Waals surface area contributed by atoms with Gasteiger partial charge in [-0.25, -0.2) is 0 Å². The molecular formula is C25H25Cl3N2O. The SMILES string of the molecule is O=C(c1ccc(Cl)cc1Cl)N(Cc1cccn1Cc1ccccc1Cl)C1CCCCC1. The van der Waals surface area contributed by atoms with Crippen LogP contribution in [-0.4, -0.2) is 21.4 Å². The van der Waals surface area contributed by atoms with Gasteiger partial charge >= 0.3 is 0 Å². The molecule has 6 heteroatoms. The monoisotopic (exact) mass is 474 g/mol. The summed E-state index contributed by atoms with van der Waals surface area (Å²) in [7, 11) is 0. The maximum atomic E-state index is 13.6. The lowest BCUT2D eigenvalue weighted by Crippen LogP contribution is -2.41. The van der Waals surface area contributed by atoms with E-state index in [4.69, 9.17) is 34.8 Å². The van der Waals surface area contributed by atoms with Crippen LogP contribution in [0.3, 0.4) is 0 Å². The summed E-state index contributed by atoms with van der Waals surface area (Å²) in [6.07, 6.45) is 7.58. The normalized spacial score (nSPS) is 14.5. The first-order valence-corrected chi connectivity index (χ1v) is 11.8. The number of carbonyl (C=O) groups excluding carboxylic acids is 1. The van der Waals surface area contributed by atoms with Gasteiger partial charge < -0.3 is 9.47 Å². The smallest absolute Gasteiger partial charge is 0.255 e. The lowest BCUT2D eigenvalue weighted by atomic mass is 9.93. The molecule has 1 fully saturated rings. The molecule has 0 saturated heterocycles. The fourth-order valence-corrected chi connectivity index (χ4v) is 4.99. The summed E-state index contributed by atoms with van der Waals surface area (Å²) in [5, 5.41) is 1.67. The molecule has 1 aromatic heterocycles. The summed E-state index contributed by atoms with van der Waals surface area (Å²) >= 11 is 18.8. The van der Waals surface area contributed by atoms with Crippen molar-refractivity contribution in [2.75, 3.05) is 0 Å². The molecule has 0 N–H and O–H groups in total. The molecule has 31 heavy (non-hydrogen) atoms. The van der Waals surface area contributed by atoms with Gasteiger partial charge in [-0.2, -0.15) is 0 Å². The number of nitrogens with zero attached hydrogens (tertiary/aromatic N) is 2. The first-order valence-electron chi connectivity index (χ1n) is 10.7. The maximum absolute atomic E-state index is 13.6. The van der Waals surface area contributed by atoms with Crippen LogP contribution in [0.4, 0.5) is 0 Å². The lowest BCUT2D eigenvalue weighted by Gasteiger charge is -2.35. The molecular weight excluding hydrogens is 451 g/mol. The minimum absolute atomic E-state index is 0.0425. The summed E-state index contributed by atoms with van der Waals surface area (Å²) in [6.45, 7) is 1.19. The number of aromatic nitrogens is 1. The molecule has 0 radical (unpaired) electrons. The van der Waals surface area contributed by atoms with Gasteiger partial charge in [0.05, 0.1) is 17.1 Å². The van der Waals surface area contributed by atoms with Gasteiger partial charge in [-0.3, -0.25) is 4.79 Å². The van der Waals surface area contributed by atoms with E-state index in [-0.39, 0.29) is 11.9 Å². The minimum Gasteiger partial charge on any atom is -0.345 e. The van der Waals surface area contributed by atoms with Gasteiger partial charge in [-0.1, -0.05) is 72.3 Å². The Kier molecular flexibility index (Phi) is 7.27. The maximum Gasteiger partial charge on any atom is 0.255 e. The first-order chi connectivity index (χ1) is 15.0. The standard InChI is InChI=1S/C25H25Cl3N2O/c26-19-12-13-22(24(28)15-19)25(31)30(20-8-2-1-3-9-20)17-21-10-6-14-29(21)16-18-7-4-5-11-23(18)27/h4-7,10-15,20H,1-3,8-9,16-17H2. The molecule has 0 spiro atoms. The average molecular weight is 476 g/mol. The molecule has 1 amide bonds. The van der Waals surface area contributed by atoms with E-state index in [1.54, 1.807) is 18.2 Å². The third-order valence-electron chi connectivity index (χ3n) is 5.99. The van der Waals surface area contributed by atoms with E-state index >= 15 is 0 Å². The number of rotatable bonds is 6. The van der Waals surface area contributed by atoms with Gasteiger partial charge in [0.15, 0.2) is 0 Å². The molecule has 0 unspecified atom stereocenters. The van der Waals surface area contributed by atoms with E-state index in [0.717, 1.165) is 42.0 Å². The summed E-state index contributed by atoms with van der Waals surface area (Å²) in [5.74, 6) is -0.0425. The van der Waals surface area contributed by atoms with Gasteiger partial charge in [0.25, 0.3) is 5.91 Å². The Morgan fingerprint density at radius 2 is 1.71 bits per heavy atom. The highest BCUT2D eigenvalue weighted by Gasteiger charge is 2.28. The molecule has 3 nitrogen and oxygen atoms in total. The number of benzene rings is 2. The van der Waals surface area contributed by atoms with Crippen LogP contribution >= 0.6 is 34.8 Å². The van der Waals surface area contributed by atoms with Crippen molar-refractivity contribution >= 4 is 40.7 Å². The summed E-state index contributed by atoms with van der Waals surface area (Å²) in [6, 6.07) is 17.2. The van der Waals surface area contributed by atoms with E-state index < -0.39 is 0 Å². The molecule has 0 aliphatic heterocycles. The Balaban J connectivity index is 1.62. The number of hydrogen-bond donors (Lipinski definition) is 0. The largest absolute Gasteiger partial charge is 0.345 e. The highest BCUT2D eigenvalue weighted by atomic mass is 35.5. The number of halogens is 3. The van der Waals surface area contributed by atoms with Crippen molar-refractivity contribution in [1.29, 1.82) is 0 Å². The number of hydrogen-bond acceptors (Lipinski definition) is 1. The van der Waals surface area contributed by atoms with Gasteiger partial charge in [-0.15, -0.1) is 0 Å². The average Bonchev–Trinajstić information content (AvgIpc) is 3.20. The molecule has 3 aromatic rings. The Bertz CT molecular complexity index is 1060. The van der Waals surface area contributed by atoms with Crippen molar-refractivity contribution in [3.63, 3.8) is 0 Å². The highest BCUT2D eigenvalue weighted by molar-refractivity contribution is 6.36. The van der Waals surface area contributed by atoms with Crippen molar-refractivity contribution in [3.8, 4) is 0 Å². The van der Waals surface area contributed by atoms with Crippen molar-refractivity contribution < 1.29 is 4.79 Å². The quantitative estimate of drug-likeness (QED) is 0.363. The van der Waals surface area contributed by atoms with Crippen LogP contribution in [0.1, 0.15) is 53.7 Å². The molecule has 1 heterocycles. The molecule has 1 saturated carbocycles. The van der Waals surface area contributed by atoms with E-state index in [1.807, 2.05) is 41.4 Å². The second-order valence-electron chi connectivity index (χ2n) is 8.07. The Morgan fingerprint density at radius 3 is 2.45 bits per heavy atom. The zero-order valence-corrected chi connectivity index (χ0v) is 19.5. The van der Waals surface area contributed by atoms with Gasteiger partial charge in [0.1, 0.15) is 0 Å². The van der Waals surface area contributed by atoms with Gasteiger partial charge in [0, 0.05) is 34.5 Å². The van der Waals surface area contributed by atoms with Crippen molar-refractivity contribution in [2.45, 2.75) is 51.2 Å². The van der Waals surface area contributed by atoms with Gasteiger partial charge in [-0.05, 0) is 54.8 Å². The van der Waals surface area contributed by atoms with E-state index in [0.29, 0.717) is 28.7 Å². The van der Waals surface area contributed by atoms with E-state index in [2.05, 4.69) is 10.6 Å². The fraction of sp³-hybridized carbons (Fsp3) is 0.320. The molecule has 1 aliphatic carbocycles. The zero-order valence-electron chi connectivity index (χ0n) is 17.2. The Hall–Kier alpha value is -1.94. The topological polar surface area (TPSA) is 25.2 Å². The molecule has 2 aromatic carbocycles. The Morgan fingerprint density at radius 1 is 0.935 bits per heavy atom. The van der Waals surface area contributed by atoms with Crippen LogP contribution in [0.25, 0.3) is 0 Å². The minimum atomic E-state index is -0.0425. The van der Waals surface area contributed by atoms with Crippen molar-refractivity contribution in [3.05, 3.63) is 92.7 Å². The molecule has 1 aliphatic rings. The first kappa shape index (κ1) is 22.3. The zero-order chi connectivity index (χ0) is 21.8. The van der Waals surface area contributed by atoms with Crippen LogP contribution in [-0.2, 0) is 13.1 Å². The number of amides is 1. The van der Waals surface area contributed by atoms with Crippen LogP contribution in [0.2, 0.25) is 15.1 Å². The molecule has 4 rings (SSSR count). The predicted molar refractivity (Wildman–Crippen MR) is 128 cm³/mol. The third-order valence-corrected chi connectivity index (χ3v) is 6.91. The molecule has 0 bridgehead atoms. The third kappa shape index (κ3) is 5.28. The predicted octanol–water partition coefficient (Wildman–Crippen LogP) is 7.47. The van der Waals surface area contributed by atoms with E-state index in [1.165, 1.54) is 6.42 Å². The summed E-state index contributed by atoms with van der Waals surface area (Å²) in [4.78, 5) is 15.6. The Labute approximate surface area is 198 Å². The summed E-state index contributed by atoms with van der Waals surface area (Å²) < 4.78 is 2.16. The number of carbonyl (C=O) groups is 1.